The van der Waals surface area contributed by atoms with Crippen LogP contribution in [0.4, 0.5) is 10.5 Å². The Bertz CT molecular complexity index is 419. The number of benzene rings is 1. The van der Waals surface area contributed by atoms with E-state index in [4.69, 9.17) is 9.47 Å². The zero-order valence-corrected chi connectivity index (χ0v) is 10.3. The molecule has 0 saturated carbocycles. The third-order valence-electron chi connectivity index (χ3n) is 2.28. The van der Waals surface area contributed by atoms with Gasteiger partial charge in [-0.25, -0.2) is 4.79 Å². The number of anilines is 1. The maximum atomic E-state index is 11.6. The molecule has 1 aliphatic heterocycles. The van der Waals surface area contributed by atoms with Gasteiger partial charge in [0.2, 0.25) is 0 Å². The van der Waals surface area contributed by atoms with E-state index in [1.54, 1.807) is 0 Å². The van der Waals surface area contributed by atoms with Crippen molar-refractivity contribution in [2.75, 3.05) is 11.9 Å². The fraction of sp³-hybridized carbons (Fsp3) is 0.462. The molecule has 1 saturated heterocycles. The van der Waals surface area contributed by atoms with E-state index in [1.165, 1.54) is 0 Å². The number of para-hydroxylation sites is 1. The highest BCUT2D eigenvalue weighted by Gasteiger charge is 2.28. The zero-order chi connectivity index (χ0) is 12.5. The van der Waals surface area contributed by atoms with Crippen molar-refractivity contribution in [1.29, 1.82) is 0 Å². The number of ether oxygens (including phenoxy) is 2. The van der Waals surface area contributed by atoms with Crippen molar-refractivity contribution < 1.29 is 14.3 Å². The number of hydrogen-bond donors (Lipinski definition) is 1. The molecule has 0 aromatic heterocycles. The van der Waals surface area contributed by atoms with Gasteiger partial charge in [0.1, 0.15) is 11.7 Å². The van der Waals surface area contributed by atoms with Crippen LogP contribution in [0.15, 0.2) is 24.3 Å². The van der Waals surface area contributed by atoms with Crippen molar-refractivity contribution in [2.24, 2.45) is 0 Å². The van der Waals surface area contributed by atoms with Gasteiger partial charge in [-0.05, 0) is 26.8 Å². The van der Waals surface area contributed by atoms with Gasteiger partial charge in [0, 0.05) is 11.3 Å². The number of carbonyl (C=O) groups excluding carboxylic acids is 1. The largest absolute Gasteiger partial charge is 0.444 e. The molecule has 1 heterocycles. The minimum atomic E-state index is -0.491. The minimum absolute atomic E-state index is 0.112. The molecule has 4 heteroatoms. The number of epoxide rings is 1. The Balaban J connectivity index is 2.05. The maximum absolute atomic E-state index is 11.6. The highest BCUT2D eigenvalue weighted by atomic mass is 16.6. The number of carbonyl (C=O) groups is 1. The summed E-state index contributed by atoms with van der Waals surface area (Å²) in [6.07, 6.45) is -0.327. The summed E-state index contributed by atoms with van der Waals surface area (Å²) in [7, 11) is 0. The topological polar surface area (TPSA) is 50.9 Å². The highest BCUT2D eigenvalue weighted by molar-refractivity contribution is 5.86. The molecule has 0 spiro atoms. The van der Waals surface area contributed by atoms with Crippen LogP contribution in [0.1, 0.15) is 32.4 Å². The first-order chi connectivity index (χ1) is 7.96. The molecule has 1 aliphatic rings. The molecular weight excluding hydrogens is 218 g/mol. The summed E-state index contributed by atoms with van der Waals surface area (Å²) in [5.41, 5.74) is 1.26. The van der Waals surface area contributed by atoms with Gasteiger partial charge in [-0.15, -0.1) is 0 Å². The third kappa shape index (κ3) is 3.46. The van der Waals surface area contributed by atoms with Gasteiger partial charge in [0.15, 0.2) is 0 Å². The predicted molar refractivity (Wildman–Crippen MR) is 65.0 cm³/mol. The van der Waals surface area contributed by atoms with Crippen LogP contribution in [-0.4, -0.2) is 18.3 Å². The summed E-state index contributed by atoms with van der Waals surface area (Å²) in [4.78, 5) is 11.6. The molecule has 17 heavy (non-hydrogen) atoms. The van der Waals surface area contributed by atoms with Crippen molar-refractivity contribution in [3.63, 3.8) is 0 Å². The standard InChI is InChI=1S/C13H17NO3/c1-13(2,3)17-12(15)14-10-7-5-4-6-9(10)11-8-16-11/h4-7,11H,8H2,1-3H3,(H,14,15)/t11-/m0/s1. The predicted octanol–water partition coefficient (Wildman–Crippen LogP) is 3.10. The van der Waals surface area contributed by atoms with E-state index in [0.717, 1.165) is 11.3 Å². The molecule has 0 unspecified atom stereocenters. The van der Waals surface area contributed by atoms with Crippen LogP contribution in [0.25, 0.3) is 0 Å². The second kappa shape index (κ2) is 4.37. The summed E-state index contributed by atoms with van der Waals surface area (Å²) in [6.45, 7) is 6.22. The second-order valence-corrected chi connectivity index (χ2v) is 5.04. The molecule has 0 bridgehead atoms. The Labute approximate surface area is 101 Å². The number of rotatable bonds is 2. The average Bonchev–Trinajstić information content (AvgIpc) is 2.98. The lowest BCUT2D eigenvalue weighted by Gasteiger charge is -2.20. The summed E-state index contributed by atoms with van der Waals surface area (Å²) >= 11 is 0. The lowest BCUT2D eigenvalue weighted by molar-refractivity contribution is 0.0636. The van der Waals surface area contributed by atoms with Gasteiger partial charge in [-0.3, -0.25) is 5.32 Å². The molecule has 1 aromatic rings. The van der Waals surface area contributed by atoms with E-state index in [-0.39, 0.29) is 6.10 Å². The molecule has 1 fully saturated rings. The maximum Gasteiger partial charge on any atom is 0.412 e. The van der Waals surface area contributed by atoms with Gasteiger partial charge < -0.3 is 9.47 Å². The highest BCUT2D eigenvalue weighted by Crippen LogP contribution is 2.34. The van der Waals surface area contributed by atoms with Crippen LogP contribution in [0.5, 0.6) is 0 Å². The third-order valence-corrected chi connectivity index (χ3v) is 2.28. The molecule has 1 aromatic carbocycles. The summed E-state index contributed by atoms with van der Waals surface area (Å²) in [5, 5.41) is 2.75. The van der Waals surface area contributed by atoms with E-state index in [1.807, 2.05) is 45.0 Å². The molecule has 1 N–H and O–H groups in total. The molecule has 1 atom stereocenters. The molecule has 2 rings (SSSR count). The first-order valence-corrected chi connectivity index (χ1v) is 5.66. The van der Waals surface area contributed by atoms with Gasteiger partial charge in [0.25, 0.3) is 0 Å². The van der Waals surface area contributed by atoms with E-state index in [2.05, 4.69) is 5.32 Å². The monoisotopic (exact) mass is 235 g/mol. The Hall–Kier alpha value is -1.55. The van der Waals surface area contributed by atoms with Crippen LogP contribution >= 0.6 is 0 Å². The lowest BCUT2D eigenvalue weighted by atomic mass is 10.1. The molecule has 92 valence electrons. The van der Waals surface area contributed by atoms with Crippen LogP contribution in [0, 0.1) is 0 Å². The fourth-order valence-electron chi connectivity index (χ4n) is 1.53. The Morgan fingerprint density at radius 2 is 2.06 bits per heavy atom. The smallest absolute Gasteiger partial charge is 0.412 e. The van der Waals surface area contributed by atoms with Gasteiger partial charge in [0.05, 0.1) is 6.61 Å². The number of amides is 1. The van der Waals surface area contributed by atoms with Crippen molar-refractivity contribution >= 4 is 11.8 Å². The molecule has 0 aliphatic carbocycles. The molecule has 4 nitrogen and oxygen atoms in total. The fourth-order valence-corrected chi connectivity index (χ4v) is 1.53. The van der Waals surface area contributed by atoms with E-state index < -0.39 is 11.7 Å². The van der Waals surface area contributed by atoms with Crippen LogP contribution in [0.2, 0.25) is 0 Å². The molecule has 1 amide bonds. The SMILES string of the molecule is CC(C)(C)OC(=O)Nc1ccccc1[C@@H]1CO1. The lowest BCUT2D eigenvalue weighted by Crippen LogP contribution is -2.27. The van der Waals surface area contributed by atoms with Crippen molar-refractivity contribution in [3.8, 4) is 0 Å². The molecular formula is C13H17NO3. The quantitative estimate of drug-likeness (QED) is 0.801. The van der Waals surface area contributed by atoms with Crippen molar-refractivity contribution in [3.05, 3.63) is 29.8 Å². The summed E-state index contributed by atoms with van der Waals surface area (Å²) < 4.78 is 10.4. The number of hydrogen-bond acceptors (Lipinski definition) is 3. The van der Waals surface area contributed by atoms with Gasteiger partial charge in [-0.1, -0.05) is 18.2 Å². The molecule has 0 radical (unpaired) electrons. The summed E-state index contributed by atoms with van der Waals surface area (Å²) in [5.74, 6) is 0. The Morgan fingerprint density at radius 1 is 1.41 bits per heavy atom. The number of nitrogens with one attached hydrogen (secondary N) is 1. The van der Waals surface area contributed by atoms with Crippen LogP contribution in [-0.2, 0) is 9.47 Å². The van der Waals surface area contributed by atoms with Gasteiger partial charge in [-0.2, -0.15) is 0 Å². The van der Waals surface area contributed by atoms with Crippen LogP contribution < -0.4 is 5.32 Å². The minimum Gasteiger partial charge on any atom is -0.444 e. The summed E-state index contributed by atoms with van der Waals surface area (Å²) in [6, 6.07) is 7.60. The van der Waals surface area contributed by atoms with Gasteiger partial charge >= 0.3 is 6.09 Å². The Morgan fingerprint density at radius 3 is 2.65 bits per heavy atom. The van der Waals surface area contributed by atoms with Crippen molar-refractivity contribution in [2.45, 2.75) is 32.5 Å². The zero-order valence-electron chi connectivity index (χ0n) is 10.3. The first-order valence-electron chi connectivity index (χ1n) is 5.66. The van der Waals surface area contributed by atoms with E-state index in [0.29, 0.717) is 6.61 Å². The van der Waals surface area contributed by atoms with E-state index >= 15 is 0 Å². The van der Waals surface area contributed by atoms with Crippen molar-refractivity contribution in [1.82, 2.24) is 0 Å². The first kappa shape index (κ1) is 11.9. The van der Waals surface area contributed by atoms with Crippen LogP contribution in [0.3, 0.4) is 0 Å². The average molecular weight is 235 g/mol. The Kier molecular flexibility index (Phi) is 3.07. The second-order valence-electron chi connectivity index (χ2n) is 5.04. The normalized spacial score (nSPS) is 18.6. The van der Waals surface area contributed by atoms with E-state index in [9.17, 15) is 4.79 Å².